The third-order valence-electron chi connectivity index (χ3n) is 5.76. The number of nitrogens with zero attached hydrogens (tertiary/aromatic N) is 3. The van der Waals surface area contributed by atoms with E-state index in [9.17, 15) is 31.2 Å². The molecule has 1 saturated heterocycles. The number of nitrogens with one attached hydrogen (secondary N) is 1. The number of pyridine rings is 1. The summed E-state index contributed by atoms with van der Waals surface area (Å²) < 4.78 is 65.4. The van der Waals surface area contributed by atoms with Crippen LogP contribution >= 0.6 is 23.1 Å². The molecule has 2 fully saturated rings. The summed E-state index contributed by atoms with van der Waals surface area (Å²) in [6.45, 7) is 0.0271. The van der Waals surface area contributed by atoms with Crippen molar-refractivity contribution < 1.29 is 31.2 Å². The SMILES string of the molecule is O=C1N(c2ccc(SC(F)(F)F)cc2)C(=O)C2(CC2)N1Cc1ccnc(NS(=O)(=O)c2cccs2)c1. The molecule has 188 valence electrons. The van der Waals surface area contributed by atoms with Gasteiger partial charge in [0.1, 0.15) is 15.6 Å². The van der Waals surface area contributed by atoms with Gasteiger partial charge in [-0.2, -0.15) is 13.2 Å². The summed E-state index contributed by atoms with van der Waals surface area (Å²) >= 11 is 0.778. The molecule has 0 atom stereocenters. The van der Waals surface area contributed by atoms with Gasteiger partial charge < -0.3 is 4.90 Å². The largest absolute Gasteiger partial charge is 0.446 e. The molecule has 2 aromatic heterocycles. The van der Waals surface area contributed by atoms with Crippen molar-refractivity contribution in [3.8, 4) is 0 Å². The quantitative estimate of drug-likeness (QED) is 0.324. The first-order valence-corrected chi connectivity index (χ1v) is 13.7. The van der Waals surface area contributed by atoms with Gasteiger partial charge in [-0.15, -0.1) is 11.3 Å². The topological polar surface area (TPSA) is 99.7 Å². The van der Waals surface area contributed by atoms with Gasteiger partial charge in [0, 0.05) is 17.6 Å². The highest BCUT2D eigenvalue weighted by Gasteiger charge is 2.65. The Bertz CT molecular complexity index is 1420. The predicted octanol–water partition coefficient (Wildman–Crippen LogP) is 5.06. The fourth-order valence-corrected chi connectivity index (χ4v) is 6.51. The molecule has 0 radical (unpaired) electrons. The number of hydrogen-bond acceptors (Lipinski definition) is 7. The molecule has 1 spiro atoms. The second kappa shape index (κ2) is 8.78. The Kier molecular flexibility index (Phi) is 6.00. The summed E-state index contributed by atoms with van der Waals surface area (Å²) in [6, 6.07) is 10.6. The van der Waals surface area contributed by atoms with Crippen LogP contribution in [0.5, 0.6) is 0 Å². The summed E-state index contributed by atoms with van der Waals surface area (Å²) in [7, 11) is -3.81. The standard InChI is InChI=1S/C22H17F3N4O4S3/c23-22(24,25)35-16-5-3-15(4-6-16)29-19(30)21(8-9-21)28(20(29)31)13-14-7-10-26-17(12-14)27-36(32,33)18-2-1-11-34-18/h1-7,10-12H,8-9,13H2,(H,26,27). The maximum Gasteiger partial charge on any atom is 0.446 e. The molecule has 0 bridgehead atoms. The van der Waals surface area contributed by atoms with Gasteiger partial charge in [-0.05, 0) is 78.0 Å². The highest BCUT2D eigenvalue weighted by Crippen LogP contribution is 2.50. The number of amides is 3. The second-order valence-corrected chi connectivity index (χ2v) is 12.2. The molecule has 3 heterocycles. The van der Waals surface area contributed by atoms with E-state index >= 15 is 0 Å². The second-order valence-electron chi connectivity index (χ2n) is 8.17. The lowest BCUT2D eigenvalue weighted by Gasteiger charge is -2.21. The molecule has 1 N–H and O–H groups in total. The van der Waals surface area contributed by atoms with Gasteiger partial charge in [-0.1, -0.05) is 6.07 Å². The van der Waals surface area contributed by atoms with E-state index in [4.69, 9.17) is 0 Å². The minimum Gasteiger partial charge on any atom is -0.305 e. The van der Waals surface area contributed by atoms with E-state index in [-0.39, 0.29) is 38.9 Å². The molecule has 3 aromatic rings. The average molecular weight is 555 g/mol. The Morgan fingerprint density at radius 1 is 1.11 bits per heavy atom. The number of rotatable bonds is 7. The molecular weight excluding hydrogens is 537 g/mol. The van der Waals surface area contributed by atoms with Crippen LogP contribution in [0.15, 0.2) is 69.2 Å². The van der Waals surface area contributed by atoms with Crippen molar-refractivity contribution in [2.75, 3.05) is 9.62 Å². The number of carbonyl (C=O) groups excluding carboxylic acids is 2. The van der Waals surface area contributed by atoms with E-state index in [0.29, 0.717) is 18.4 Å². The Hall–Kier alpha value is -3.10. The van der Waals surface area contributed by atoms with E-state index in [1.807, 2.05) is 0 Å². The van der Waals surface area contributed by atoms with Crippen molar-refractivity contribution in [3.63, 3.8) is 0 Å². The highest BCUT2D eigenvalue weighted by molar-refractivity contribution is 8.00. The lowest BCUT2D eigenvalue weighted by molar-refractivity contribution is -0.120. The maximum atomic E-state index is 13.3. The minimum absolute atomic E-state index is 0.0271. The smallest absolute Gasteiger partial charge is 0.305 e. The number of benzene rings is 1. The molecule has 1 aromatic carbocycles. The van der Waals surface area contributed by atoms with Crippen LogP contribution in [0.1, 0.15) is 18.4 Å². The van der Waals surface area contributed by atoms with Crippen molar-refractivity contribution in [2.24, 2.45) is 0 Å². The van der Waals surface area contributed by atoms with Crippen LogP contribution in [-0.2, 0) is 21.4 Å². The molecule has 5 rings (SSSR count). The Morgan fingerprint density at radius 2 is 1.83 bits per heavy atom. The van der Waals surface area contributed by atoms with Gasteiger partial charge in [0.25, 0.3) is 15.9 Å². The lowest BCUT2D eigenvalue weighted by Crippen LogP contribution is -2.36. The zero-order chi connectivity index (χ0) is 25.7. The van der Waals surface area contributed by atoms with Gasteiger partial charge in [0.15, 0.2) is 0 Å². The van der Waals surface area contributed by atoms with Crippen LogP contribution in [-0.4, -0.2) is 41.3 Å². The maximum absolute atomic E-state index is 13.3. The van der Waals surface area contributed by atoms with Gasteiger partial charge in [-0.3, -0.25) is 9.52 Å². The fraction of sp³-hybridized carbons (Fsp3) is 0.227. The van der Waals surface area contributed by atoms with Crippen LogP contribution in [0, 0.1) is 0 Å². The number of aromatic nitrogens is 1. The first kappa shape index (κ1) is 24.6. The number of thiophene rings is 1. The molecule has 1 aliphatic carbocycles. The number of imide groups is 1. The number of hydrogen-bond donors (Lipinski definition) is 1. The third kappa shape index (κ3) is 4.67. The summed E-state index contributed by atoms with van der Waals surface area (Å²) in [5, 5.41) is 1.64. The number of urea groups is 1. The Morgan fingerprint density at radius 3 is 2.44 bits per heavy atom. The fourth-order valence-electron chi connectivity index (χ4n) is 3.98. The number of carbonyl (C=O) groups is 2. The number of halogens is 3. The molecule has 36 heavy (non-hydrogen) atoms. The molecule has 8 nitrogen and oxygen atoms in total. The zero-order valence-electron chi connectivity index (χ0n) is 18.2. The molecule has 2 aliphatic rings. The lowest BCUT2D eigenvalue weighted by atomic mass is 10.2. The summed E-state index contributed by atoms with van der Waals surface area (Å²) in [6.07, 6.45) is 2.32. The summed E-state index contributed by atoms with van der Waals surface area (Å²) in [5.74, 6) is -0.366. The minimum atomic E-state index is -4.45. The van der Waals surface area contributed by atoms with Crippen LogP contribution in [0.2, 0.25) is 0 Å². The molecule has 3 amide bonds. The Balaban J connectivity index is 1.35. The van der Waals surface area contributed by atoms with E-state index in [0.717, 1.165) is 16.2 Å². The molecule has 0 unspecified atom stereocenters. The van der Waals surface area contributed by atoms with Crippen LogP contribution < -0.4 is 9.62 Å². The van der Waals surface area contributed by atoms with Crippen LogP contribution in [0.3, 0.4) is 0 Å². The number of thioether (sulfide) groups is 1. The third-order valence-corrected chi connectivity index (χ3v) is 9.25. The van der Waals surface area contributed by atoms with Gasteiger partial charge in [-0.25, -0.2) is 23.1 Å². The van der Waals surface area contributed by atoms with Crippen molar-refractivity contribution >= 4 is 56.6 Å². The van der Waals surface area contributed by atoms with E-state index < -0.39 is 33.0 Å². The molecule has 1 aliphatic heterocycles. The van der Waals surface area contributed by atoms with Crippen molar-refractivity contribution in [1.29, 1.82) is 0 Å². The van der Waals surface area contributed by atoms with Gasteiger partial charge >= 0.3 is 11.5 Å². The van der Waals surface area contributed by atoms with Gasteiger partial charge in [0.2, 0.25) is 0 Å². The Labute approximate surface area is 212 Å². The summed E-state index contributed by atoms with van der Waals surface area (Å²) in [4.78, 5) is 32.8. The van der Waals surface area contributed by atoms with Crippen molar-refractivity contribution in [2.45, 2.75) is 39.5 Å². The first-order valence-electron chi connectivity index (χ1n) is 10.5. The number of sulfonamides is 1. The van der Waals surface area contributed by atoms with Crippen molar-refractivity contribution in [1.82, 2.24) is 9.88 Å². The van der Waals surface area contributed by atoms with Crippen LogP contribution in [0.25, 0.3) is 0 Å². The highest BCUT2D eigenvalue weighted by atomic mass is 32.2. The number of alkyl halides is 3. The predicted molar refractivity (Wildman–Crippen MR) is 128 cm³/mol. The monoisotopic (exact) mass is 554 g/mol. The molecule has 1 saturated carbocycles. The number of anilines is 2. The van der Waals surface area contributed by atoms with E-state index in [1.54, 1.807) is 17.5 Å². The van der Waals surface area contributed by atoms with Gasteiger partial charge in [0.05, 0.1) is 5.69 Å². The normalized spacial score (nSPS) is 17.2. The van der Waals surface area contributed by atoms with E-state index in [2.05, 4.69) is 9.71 Å². The van der Waals surface area contributed by atoms with E-state index in [1.165, 1.54) is 47.5 Å². The zero-order valence-corrected chi connectivity index (χ0v) is 20.7. The summed E-state index contributed by atoms with van der Waals surface area (Å²) in [5.41, 5.74) is -4.72. The van der Waals surface area contributed by atoms with Crippen molar-refractivity contribution in [3.05, 3.63) is 65.7 Å². The molecular formula is C22H17F3N4O4S3. The average Bonchev–Trinajstić information content (AvgIpc) is 3.34. The molecule has 14 heteroatoms. The van der Waals surface area contributed by atoms with Crippen LogP contribution in [0.4, 0.5) is 29.5 Å². The first-order chi connectivity index (χ1) is 17.0.